The Hall–Kier alpha value is -2.66. The molecule has 1 heterocycles. The second-order valence-corrected chi connectivity index (χ2v) is 6.48. The molecule has 0 atom stereocenters. The number of aromatic nitrogens is 3. The minimum absolute atomic E-state index is 0.0864. The molecule has 0 aliphatic carbocycles. The van der Waals surface area contributed by atoms with E-state index in [1.54, 1.807) is 0 Å². The van der Waals surface area contributed by atoms with Crippen LogP contribution in [0.15, 0.2) is 78.5 Å². The molecule has 0 aliphatic heterocycles. The second-order valence-electron chi connectivity index (χ2n) is 5.54. The van der Waals surface area contributed by atoms with Crippen LogP contribution in [0.25, 0.3) is 0 Å². The van der Waals surface area contributed by atoms with Crippen LogP contribution >= 0.6 is 11.8 Å². The molecular weight excluding hydrogens is 330 g/mol. The molecule has 0 spiro atoms. The second kappa shape index (κ2) is 8.44. The van der Waals surface area contributed by atoms with Crippen molar-refractivity contribution in [3.05, 3.63) is 90.3 Å². The zero-order chi connectivity index (χ0) is 17.5. The van der Waals surface area contributed by atoms with Crippen LogP contribution in [0, 0.1) is 0 Å². The van der Waals surface area contributed by atoms with Crippen molar-refractivity contribution in [2.75, 3.05) is 5.75 Å². The fraction of sp³-hybridized carbons (Fsp3) is 0.150. The van der Waals surface area contributed by atoms with Gasteiger partial charge in [0.25, 0.3) is 0 Å². The summed E-state index contributed by atoms with van der Waals surface area (Å²) in [5.41, 5.74) is 1.89. The maximum Gasteiger partial charge on any atom is 0.191 e. The summed E-state index contributed by atoms with van der Waals surface area (Å²) in [6.07, 6.45) is 2.52. The Morgan fingerprint density at radius 3 is 2.40 bits per heavy atom. The highest BCUT2D eigenvalue weighted by Gasteiger charge is 2.14. The number of hydrogen-bond donors (Lipinski definition) is 0. The lowest BCUT2D eigenvalue weighted by atomic mass is 10.1. The normalized spacial score (nSPS) is 10.6. The van der Waals surface area contributed by atoms with Crippen molar-refractivity contribution in [3.63, 3.8) is 0 Å². The summed E-state index contributed by atoms with van der Waals surface area (Å²) in [7, 11) is 0. The third-order valence-corrected chi connectivity index (χ3v) is 4.71. The summed E-state index contributed by atoms with van der Waals surface area (Å²) >= 11 is 1.41. The molecule has 2 aromatic carbocycles. The molecule has 5 heteroatoms. The van der Waals surface area contributed by atoms with E-state index in [1.807, 2.05) is 59.2 Å². The number of rotatable bonds is 8. The number of hydrogen-bond acceptors (Lipinski definition) is 4. The van der Waals surface area contributed by atoms with Gasteiger partial charge >= 0.3 is 0 Å². The standard InChI is InChI=1S/C20H19N3OS/c1-2-13-23-19(14-16-9-5-3-6-10-16)21-22-20(23)25-15-18(24)17-11-7-4-8-12-17/h2-12H,1,13-15H2. The molecular formula is C20H19N3OS. The quantitative estimate of drug-likeness (QED) is 0.350. The molecule has 0 bridgehead atoms. The smallest absolute Gasteiger partial charge is 0.191 e. The summed E-state index contributed by atoms with van der Waals surface area (Å²) in [6.45, 7) is 4.44. The highest BCUT2D eigenvalue weighted by atomic mass is 32.2. The van der Waals surface area contributed by atoms with Crippen LogP contribution in [0.3, 0.4) is 0 Å². The number of allylic oxidation sites excluding steroid dienone is 1. The molecule has 0 saturated carbocycles. The first-order chi connectivity index (χ1) is 12.3. The van der Waals surface area contributed by atoms with Crippen LogP contribution in [0.1, 0.15) is 21.7 Å². The Morgan fingerprint density at radius 2 is 1.72 bits per heavy atom. The highest BCUT2D eigenvalue weighted by molar-refractivity contribution is 7.99. The van der Waals surface area contributed by atoms with Crippen molar-refractivity contribution < 1.29 is 4.79 Å². The Bertz CT molecular complexity index is 844. The van der Waals surface area contributed by atoms with Gasteiger partial charge in [-0.2, -0.15) is 0 Å². The van der Waals surface area contributed by atoms with Crippen molar-refractivity contribution in [2.24, 2.45) is 0 Å². The van der Waals surface area contributed by atoms with Crippen molar-refractivity contribution in [3.8, 4) is 0 Å². The Labute approximate surface area is 151 Å². The predicted molar refractivity (Wildman–Crippen MR) is 101 cm³/mol. The topological polar surface area (TPSA) is 47.8 Å². The molecule has 3 aromatic rings. The van der Waals surface area contributed by atoms with Gasteiger partial charge in [-0.15, -0.1) is 16.8 Å². The molecule has 0 radical (unpaired) electrons. The van der Waals surface area contributed by atoms with E-state index >= 15 is 0 Å². The van der Waals surface area contributed by atoms with E-state index in [-0.39, 0.29) is 5.78 Å². The van der Waals surface area contributed by atoms with Crippen LogP contribution in [0.2, 0.25) is 0 Å². The Kier molecular flexibility index (Phi) is 5.80. The zero-order valence-corrected chi connectivity index (χ0v) is 14.7. The summed E-state index contributed by atoms with van der Waals surface area (Å²) in [6, 6.07) is 19.5. The van der Waals surface area contributed by atoms with Crippen molar-refractivity contribution >= 4 is 17.5 Å². The lowest BCUT2D eigenvalue weighted by Crippen LogP contribution is -2.07. The minimum Gasteiger partial charge on any atom is -0.302 e. The lowest BCUT2D eigenvalue weighted by molar-refractivity contribution is 0.102. The third-order valence-electron chi connectivity index (χ3n) is 3.74. The molecule has 126 valence electrons. The van der Waals surface area contributed by atoms with Gasteiger partial charge < -0.3 is 4.57 Å². The molecule has 4 nitrogen and oxygen atoms in total. The lowest BCUT2D eigenvalue weighted by Gasteiger charge is -2.07. The molecule has 0 saturated heterocycles. The van der Waals surface area contributed by atoms with Crippen LogP contribution in [0.4, 0.5) is 0 Å². The van der Waals surface area contributed by atoms with Crippen molar-refractivity contribution in [1.29, 1.82) is 0 Å². The number of carbonyl (C=O) groups excluding carboxylic acids is 1. The Balaban J connectivity index is 1.73. The highest BCUT2D eigenvalue weighted by Crippen LogP contribution is 2.20. The largest absolute Gasteiger partial charge is 0.302 e. The fourth-order valence-electron chi connectivity index (χ4n) is 2.48. The van der Waals surface area contributed by atoms with Crippen LogP contribution in [0.5, 0.6) is 0 Å². The maximum absolute atomic E-state index is 12.3. The maximum atomic E-state index is 12.3. The fourth-order valence-corrected chi connectivity index (χ4v) is 3.35. The van der Waals surface area contributed by atoms with E-state index in [4.69, 9.17) is 0 Å². The van der Waals surface area contributed by atoms with E-state index in [0.29, 0.717) is 24.3 Å². The molecule has 1 aromatic heterocycles. The van der Waals surface area contributed by atoms with E-state index < -0.39 is 0 Å². The summed E-state index contributed by atoms with van der Waals surface area (Å²) in [5.74, 6) is 1.30. The van der Waals surface area contributed by atoms with Crippen LogP contribution in [-0.2, 0) is 13.0 Å². The zero-order valence-electron chi connectivity index (χ0n) is 13.8. The predicted octanol–water partition coefficient (Wildman–Crippen LogP) is 4.03. The summed E-state index contributed by atoms with van der Waals surface area (Å²) in [4.78, 5) is 12.3. The van der Waals surface area contributed by atoms with Gasteiger partial charge in [-0.1, -0.05) is 78.5 Å². The van der Waals surface area contributed by atoms with Gasteiger partial charge in [-0.3, -0.25) is 4.79 Å². The minimum atomic E-state index is 0.0864. The van der Waals surface area contributed by atoms with Gasteiger partial charge in [0.05, 0.1) is 5.75 Å². The Morgan fingerprint density at radius 1 is 1.04 bits per heavy atom. The van der Waals surface area contributed by atoms with Gasteiger partial charge in [0.2, 0.25) is 0 Å². The molecule has 3 rings (SSSR count). The van der Waals surface area contributed by atoms with E-state index in [2.05, 4.69) is 28.9 Å². The average molecular weight is 349 g/mol. The number of ketones is 1. The summed E-state index contributed by atoms with van der Waals surface area (Å²) < 4.78 is 2.02. The first-order valence-corrected chi connectivity index (χ1v) is 9.04. The average Bonchev–Trinajstić information content (AvgIpc) is 3.03. The van der Waals surface area contributed by atoms with Gasteiger partial charge in [0, 0.05) is 18.5 Å². The third kappa shape index (κ3) is 4.45. The van der Waals surface area contributed by atoms with Crippen molar-refractivity contribution in [2.45, 2.75) is 18.1 Å². The molecule has 0 amide bonds. The number of Topliss-reactive ketones (excluding diaryl/α,β-unsaturated/α-hetero) is 1. The van der Waals surface area contributed by atoms with E-state index in [9.17, 15) is 4.79 Å². The van der Waals surface area contributed by atoms with Crippen LogP contribution < -0.4 is 0 Å². The molecule has 25 heavy (non-hydrogen) atoms. The molecule has 0 fully saturated rings. The molecule has 0 unspecified atom stereocenters. The van der Waals surface area contributed by atoms with Gasteiger partial charge in [0.15, 0.2) is 10.9 Å². The molecule has 0 aliphatic rings. The summed E-state index contributed by atoms with van der Waals surface area (Å²) in [5, 5.41) is 9.33. The number of benzene rings is 2. The molecule has 0 N–H and O–H groups in total. The monoisotopic (exact) mass is 349 g/mol. The number of nitrogens with zero attached hydrogens (tertiary/aromatic N) is 3. The first kappa shape index (κ1) is 17.2. The van der Waals surface area contributed by atoms with Gasteiger partial charge in [-0.05, 0) is 5.56 Å². The van der Waals surface area contributed by atoms with Crippen LogP contribution in [-0.4, -0.2) is 26.3 Å². The van der Waals surface area contributed by atoms with Crippen molar-refractivity contribution in [1.82, 2.24) is 14.8 Å². The first-order valence-electron chi connectivity index (χ1n) is 8.06. The number of thioether (sulfide) groups is 1. The van der Waals surface area contributed by atoms with E-state index in [1.165, 1.54) is 17.3 Å². The van der Waals surface area contributed by atoms with Gasteiger partial charge in [0.1, 0.15) is 5.82 Å². The van der Waals surface area contributed by atoms with Gasteiger partial charge in [-0.25, -0.2) is 0 Å². The number of carbonyl (C=O) groups is 1. The van der Waals surface area contributed by atoms with E-state index in [0.717, 1.165) is 11.0 Å². The SMILES string of the molecule is C=CCn1c(Cc2ccccc2)nnc1SCC(=O)c1ccccc1.